The number of rotatable bonds is 4. The van der Waals surface area contributed by atoms with Crippen LogP contribution in [-0.2, 0) is 10.0 Å². The van der Waals surface area contributed by atoms with Crippen molar-refractivity contribution in [2.75, 3.05) is 11.5 Å². The molecule has 0 fully saturated rings. The average Bonchev–Trinajstić information content (AvgIpc) is 2.57. The van der Waals surface area contributed by atoms with Gasteiger partial charge >= 0.3 is 0 Å². The van der Waals surface area contributed by atoms with Crippen molar-refractivity contribution in [1.82, 2.24) is 4.98 Å². The van der Waals surface area contributed by atoms with E-state index in [0.717, 1.165) is 14.6 Å². The van der Waals surface area contributed by atoms with Crippen LogP contribution < -0.4 is 5.14 Å². The number of nitrogens with two attached hydrogens (primary N) is 1. The van der Waals surface area contributed by atoms with Crippen LogP contribution in [0.4, 0.5) is 0 Å². The standard InChI is InChI=1S/C9H9ClN2O2S3/c10-6-1-2-8-7(5-6)12-9(16-8)15-3-4-17(11,13)14/h1-2,5H,3-4H2,(H2,11,13,14). The lowest BCUT2D eigenvalue weighted by molar-refractivity contribution is 0.599. The van der Waals surface area contributed by atoms with E-state index in [2.05, 4.69) is 4.98 Å². The van der Waals surface area contributed by atoms with Crippen LogP contribution >= 0.6 is 34.7 Å². The lowest BCUT2D eigenvalue weighted by atomic mass is 10.3. The van der Waals surface area contributed by atoms with Gasteiger partial charge in [-0.05, 0) is 18.2 Å². The molecule has 1 aromatic carbocycles. The molecule has 0 aliphatic carbocycles. The number of nitrogens with zero attached hydrogens (tertiary/aromatic N) is 1. The molecule has 2 aromatic rings. The highest BCUT2D eigenvalue weighted by Gasteiger charge is 2.07. The Bertz CT molecular complexity index is 639. The average molecular weight is 309 g/mol. The van der Waals surface area contributed by atoms with Gasteiger partial charge in [-0.1, -0.05) is 23.4 Å². The van der Waals surface area contributed by atoms with Crippen molar-refractivity contribution < 1.29 is 8.42 Å². The maximum absolute atomic E-state index is 10.8. The monoisotopic (exact) mass is 308 g/mol. The minimum Gasteiger partial charge on any atom is -0.230 e. The number of hydrogen-bond donors (Lipinski definition) is 1. The largest absolute Gasteiger partial charge is 0.230 e. The SMILES string of the molecule is NS(=O)(=O)CCSc1nc2cc(Cl)ccc2s1. The molecule has 92 valence electrons. The summed E-state index contributed by atoms with van der Waals surface area (Å²) < 4.78 is 23.4. The number of halogens is 1. The summed E-state index contributed by atoms with van der Waals surface area (Å²) in [5, 5.41) is 5.56. The highest BCUT2D eigenvalue weighted by molar-refractivity contribution is 8.02. The van der Waals surface area contributed by atoms with Gasteiger partial charge in [0.1, 0.15) is 0 Å². The second kappa shape index (κ2) is 5.11. The Balaban J connectivity index is 2.09. The van der Waals surface area contributed by atoms with Gasteiger partial charge in [-0.15, -0.1) is 11.3 Å². The first kappa shape index (κ1) is 13.1. The summed E-state index contributed by atoms with van der Waals surface area (Å²) in [6.45, 7) is 0. The summed E-state index contributed by atoms with van der Waals surface area (Å²) in [7, 11) is -3.40. The van der Waals surface area contributed by atoms with E-state index >= 15 is 0 Å². The molecule has 0 aliphatic heterocycles. The quantitative estimate of drug-likeness (QED) is 0.880. The van der Waals surface area contributed by atoms with Crippen LogP contribution in [-0.4, -0.2) is 24.9 Å². The zero-order valence-corrected chi connectivity index (χ0v) is 11.8. The molecule has 0 bridgehead atoms. The molecule has 1 heterocycles. The second-order valence-corrected chi connectivity index (χ2v) is 7.85. The van der Waals surface area contributed by atoms with E-state index < -0.39 is 10.0 Å². The zero-order valence-electron chi connectivity index (χ0n) is 8.59. The van der Waals surface area contributed by atoms with E-state index in [-0.39, 0.29) is 5.75 Å². The molecule has 2 rings (SSSR count). The van der Waals surface area contributed by atoms with Crippen LogP contribution in [0, 0.1) is 0 Å². The van der Waals surface area contributed by atoms with Crippen LogP contribution in [0.15, 0.2) is 22.5 Å². The van der Waals surface area contributed by atoms with Crippen molar-refractivity contribution in [3.63, 3.8) is 0 Å². The van der Waals surface area contributed by atoms with Crippen molar-refractivity contribution in [2.24, 2.45) is 5.14 Å². The highest BCUT2D eigenvalue weighted by atomic mass is 35.5. The summed E-state index contributed by atoms with van der Waals surface area (Å²) in [5.74, 6) is 0.362. The van der Waals surface area contributed by atoms with Gasteiger partial charge < -0.3 is 0 Å². The number of primary sulfonamides is 1. The minimum absolute atomic E-state index is 0.0473. The molecule has 4 nitrogen and oxygen atoms in total. The predicted octanol–water partition coefficient (Wildman–Crippen LogP) is 2.33. The molecule has 0 saturated heterocycles. The van der Waals surface area contributed by atoms with Gasteiger partial charge in [0.05, 0.1) is 16.0 Å². The fourth-order valence-corrected chi connectivity index (χ4v) is 4.39. The molecule has 0 saturated carbocycles. The molecule has 0 unspecified atom stereocenters. The minimum atomic E-state index is -3.40. The number of benzene rings is 1. The fraction of sp³-hybridized carbons (Fsp3) is 0.222. The van der Waals surface area contributed by atoms with Crippen molar-refractivity contribution >= 4 is 54.9 Å². The topological polar surface area (TPSA) is 73.1 Å². The van der Waals surface area contributed by atoms with Gasteiger partial charge in [-0.3, -0.25) is 0 Å². The highest BCUT2D eigenvalue weighted by Crippen LogP contribution is 2.30. The zero-order chi connectivity index (χ0) is 12.5. The lowest BCUT2D eigenvalue weighted by Crippen LogP contribution is -2.17. The number of fused-ring (bicyclic) bond motifs is 1. The molecule has 0 aliphatic rings. The first-order chi connectivity index (χ1) is 7.94. The van der Waals surface area contributed by atoms with Crippen LogP contribution in [0.5, 0.6) is 0 Å². The lowest BCUT2D eigenvalue weighted by Gasteiger charge is -1.94. The van der Waals surface area contributed by atoms with Crippen molar-refractivity contribution in [2.45, 2.75) is 4.34 Å². The number of aromatic nitrogens is 1. The van der Waals surface area contributed by atoms with Crippen LogP contribution in [0.25, 0.3) is 10.2 Å². The van der Waals surface area contributed by atoms with Crippen molar-refractivity contribution in [3.8, 4) is 0 Å². The van der Waals surface area contributed by atoms with E-state index in [1.165, 1.54) is 23.1 Å². The van der Waals surface area contributed by atoms with Gasteiger partial charge in [-0.2, -0.15) is 0 Å². The Morgan fingerprint density at radius 1 is 1.47 bits per heavy atom. The summed E-state index contributed by atoms with van der Waals surface area (Å²) in [6.07, 6.45) is 0. The van der Waals surface area contributed by atoms with Gasteiger partial charge in [-0.25, -0.2) is 18.5 Å². The molecule has 1 aromatic heterocycles. The Labute approximate surface area is 112 Å². The number of thiazole rings is 1. The summed E-state index contributed by atoms with van der Waals surface area (Å²) in [5.41, 5.74) is 0.834. The van der Waals surface area contributed by atoms with Crippen LogP contribution in [0.3, 0.4) is 0 Å². The fourth-order valence-electron chi connectivity index (χ4n) is 1.19. The van der Waals surface area contributed by atoms with E-state index in [1.54, 1.807) is 12.1 Å². The number of thioether (sulfide) groups is 1. The molecule has 0 atom stereocenters. The van der Waals surface area contributed by atoms with Crippen LogP contribution in [0.1, 0.15) is 0 Å². The molecule has 0 radical (unpaired) electrons. The smallest absolute Gasteiger partial charge is 0.209 e. The summed E-state index contributed by atoms with van der Waals surface area (Å²) >= 11 is 8.75. The maximum Gasteiger partial charge on any atom is 0.209 e. The van der Waals surface area contributed by atoms with Gasteiger partial charge in [0.15, 0.2) is 4.34 Å². The third-order valence-corrected chi connectivity index (χ3v) is 5.37. The number of hydrogen-bond acceptors (Lipinski definition) is 5. The van der Waals surface area contributed by atoms with E-state index in [0.29, 0.717) is 10.8 Å². The van der Waals surface area contributed by atoms with E-state index in [9.17, 15) is 8.42 Å². The summed E-state index contributed by atoms with van der Waals surface area (Å²) in [6, 6.07) is 5.50. The first-order valence-electron chi connectivity index (χ1n) is 4.63. The van der Waals surface area contributed by atoms with E-state index in [4.69, 9.17) is 16.7 Å². The predicted molar refractivity (Wildman–Crippen MR) is 73.3 cm³/mol. The third kappa shape index (κ3) is 3.82. The van der Waals surface area contributed by atoms with Gasteiger partial charge in [0.2, 0.25) is 10.0 Å². The van der Waals surface area contributed by atoms with Gasteiger partial charge in [0, 0.05) is 10.8 Å². The molecule has 17 heavy (non-hydrogen) atoms. The Hall–Kier alpha value is -0.340. The van der Waals surface area contributed by atoms with Crippen LogP contribution in [0.2, 0.25) is 5.02 Å². The third-order valence-electron chi connectivity index (χ3n) is 1.92. The van der Waals surface area contributed by atoms with Gasteiger partial charge in [0.25, 0.3) is 0 Å². The molecule has 8 heteroatoms. The van der Waals surface area contributed by atoms with E-state index in [1.807, 2.05) is 6.07 Å². The second-order valence-electron chi connectivity index (χ2n) is 3.31. The molecule has 0 amide bonds. The maximum atomic E-state index is 10.8. The van der Waals surface area contributed by atoms with Crippen molar-refractivity contribution in [3.05, 3.63) is 23.2 Å². The molecular formula is C9H9ClN2O2S3. The normalized spacial score (nSPS) is 12.1. The Kier molecular flexibility index (Phi) is 3.94. The molecule has 2 N–H and O–H groups in total. The molecule has 0 spiro atoms. The van der Waals surface area contributed by atoms with Crippen molar-refractivity contribution in [1.29, 1.82) is 0 Å². The number of sulfonamides is 1. The Morgan fingerprint density at radius 2 is 2.24 bits per heavy atom. The first-order valence-corrected chi connectivity index (χ1v) is 8.53. The molecular weight excluding hydrogens is 300 g/mol. The summed E-state index contributed by atoms with van der Waals surface area (Å²) in [4.78, 5) is 4.35. The Morgan fingerprint density at radius 3 is 2.94 bits per heavy atom.